The minimum atomic E-state index is -0.790. The zero-order chi connectivity index (χ0) is 18.1. The largest absolute Gasteiger partial charge is 0.490 e. The van der Waals surface area contributed by atoms with E-state index in [-0.39, 0.29) is 0 Å². The van der Waals surface area contributed by atoms with Crippen LogP contribution in [-0.4, -0.2) is 46.4 Å². The number of carbonyl (C=O) groups is 2. The molecule has 1 aromatic heterocycles. The lowest BCUT2D eigenvalue weighted by molar-refractivity contribution is -0.136. The zero-order valence-electron chi connectivity index (χ0n) is 14.2. The van der Waals surface area contributed by atoms with E-state index in [1.54, 1.807) is 0 Å². The lowest BCUT2D eigenvalue weighted by Crippen LogP contribution is -2.39. The Bertz CT molecular complexity index is 703. The highest BCUT2D eigenvalue weighted by atomic mass is 16.5. The topological polar surface area (TPSA) is 107 Å². The maximum Gasteiger partial charge on any atom is 0.328 e. The molecule has 2 rings (SSSR count). The van der Waals surface area contributed by atoms with Gasteiger partial charge in [0.1, 0.15) is 12.7 Å². The molecule has 0 aliphatic heterocycles. The van der Waals surface area contributed by atoms with E-state index in [1.165, 1.54) is 17.3 Å². The van der Waals surface area contributed by atoms with Gasteiger partial charge in [0.25, 0.3) is 0 Å². The molecule has 0 aliphatic rings. The summed E-state index contributed by atoms with van der Waals surface area (Å²) in [5.41, 5.74) is 3.29. The van der Waals surface area contributed by atoms with Crippen molar-refractivity contribution in [2.24, 2.45) is 0 Å². The van der Waals surface area contributed by atoms with E-state index in [0.29, 0.717) is 37.7 Å². The summed E-state index contributed by atoms with van der Waals surface area (Å²) in [5.74, 6) is -0.171. The first kappa shape index (κ1) is 18.2. The molecular formula is C16H21N5O4. The summed E-state index contributed by atoms with van der Waals surface area (Å²) in [6.45, 7) is 5.20. The van der Waals surface area contributed by atoms with Gasteiger partial charge in [0.2, 0.25) is 0 Å². The first-order valence-corrected chi connectivity index (χ1v) is 7.96. The van der Waals surface area contributed by atoms with Gasteiger partial charge in [-0.3, -0.25) is 15.0 Å². The number of amides is 2. The normalized spacial score (nSPS) is 10.2. The Labute approximate surface area is 145 Å². The molecule has 0 saturated heterocycles. The van der Waals surface area contributed by atoms with E-state index >= 15 is 0 Å². The van der Waals surface area contributed by atoms with Crippen LogP contribution < -0.4 is 20.2 Å². The summed E-state index contributed by atoms with van der Waals surface area (Å²) in [7, 11) is 0. The SMILES string of the molecule is CCOc1ccc(CCNC(=O)C(=O)Nn2cnnc2)cc1OCC. The molecule has 25 heavy (non-hydrogen) atoms. The van der Waals surface area contributed by atoms with Crippen molar-refractivity contribution in [2.45, 2.75) is 20.3 Å². The predicted molar refractivity (Wildman–Crippen MR) is 89.9 cm³/mol. The Morgan fingerprint density at radius 2 is 1.72 bits per heavy atom. The number of carbonyl (C=O) groups excluding carboxylic acids is 2. The van der Waals surface area contributed by atoms with Crippen LogP contribution in [0.25, 0.3) is 0 Å². The highest BCUT2D eigenvalue weighted by Crippen LogP contribution is 2.28. The van der Waals surface area contributed by atoms with Gasteiger partial charge in [-0.05, 0) is 38.0 Å². The van der Waals surface area contributed by atoms with Gasteiger partial charge in [0.05, 0.1) is 13.2 Å². The molecule has 9 heteroatoms. The molecule has 0 bridgehead atoms. The monoisotopic (exact) mass is 347 g/mol. The van der Waals surface area contributed by atoms with Gasteiger partial charge in [0, 0.05) is 6.54 Å². The van der Waals surface area contributed by atoms with Crippen molar-refractivity contribution >= 4 is 11.8 Å². The number of aromatic nitrogens is 3. The summed E-state index contributed by atoms with van der Waals surface area (Å²) in [6, 6.07) is 5.61. The highest BCUT2D eigenvalue weighted by molar-refractivity contribution is 6.38. The van der Waals surface area contributed by atoms with Crippen LogP contribution in [0.15, 0.2) is 30.9 Å². The second kappa shape index (κ2) is 9.26. The fourth-order valence-electron chi connectivity index (χ4n) is 2.08. The van der Waals surface area contributed by atoms with Gasteiger partial charge in [0.15, 0.2) is 11.5 Å². The minimum Gasteiger partial charge on any atom is -0.490 e. The molecule has 0 unspecified atom stereocenters. The number of nitrogens with zero attached hydrogens (tertiary/aromatic N) is 3. The minimum absolute atomic E-state index is 0.313. The molecule has 0 radical (unpaired) electrons. The van der Waals surface area contributed by atoms with E-state index < -0.39 is 11.8 Å². The smallest absolute Gasteiger partial charge is 0.328 e. The third kappa shape index (κ3) is 5.48. The average molecular weight is 347 g/mol. The Morgan fingerprint density at radius 3 is 2.40 bits per heavy atom. The van der Waals surface area contributed by atoms with Gasteiger partial charge in [-0.15, -0.1) is 10.2 Å². The van der Waals surface area contributed by atoms with Crippen molar-refractivity contribution in [1.29, 1.82) is 0 Å². The summed E-state index contributed by atoms with van der Waals surface area (Å²) in [6.07, 6.45) is 3.11. The molecule has 2 aromatic rings. The molecule has 0 aliphatic carbocycles. The van der Waals surface area contributed by atoms with Crippen molar-refractivity contribution < 1.29 is 19.1 Å². The van der Waals surface area contributed by atoms with Crippen molar-refractivity contribution in [3.63, 3.8) is 0 Å². The molecule has 1 aromatic carbocycles. The molecule has 2 amide bonds. The molecule has 0 saturated carbocycles. The highest BCUT2D eigenvalue weighted by Gasteiger charge is 2.13. The number of nitrogens with one attached hydrogen (secondary N) is 2. The molecular weight excluding hydrogens is 326 g/mol. The van der Waals surface area contributed by atoms with Crippen molar-refractivity contribution in [3.8, 4) is 11.5 Å². The van der Waals surface area contributed by atoms with Gasteiger partial charge in [-0.25, -0.2) is 4.68 Å². The van der Waals surface area contributed by atoms with E-state index in [1.807, 2.05) is 32.0 Å². The second-order valence-electron chi connectivity index (χ2n) is 4.96. The van der Waals surface area contributed by atoms with E-state index in [4.69, 9.17) is 9.47 Å². The summed E-state index contributed by atoms with van der Waals surface area (Å²) in [4.78, 5) is 23.4. The fraction of sp³-hybridized carbons (Fsp3) is 0.375. The van der Waals surface area contributed by atoms with Gasteiger partial charge in [-0.2, -0.15) is 0 Å². The van der Waals surface area contributed by atoms with Crippen LogP contribution in [0.2, 0.25) is 0 Å². The van der Waals surface area contributed by atoms with Crippen LogP contribution in [-0.2, 0) is 16.0 Å². The van der Waals surface area contributed by atoms with Crippen LogP contribution >= 0.6 is 0 Å². The quantitative estimate of drug-likeness (QED) is 0.674. The number of rotatable bonds is 8. The fourth-order valence-corrected chi connectivity index (χ4v) is 2.08. The molecule has 134 valence electrons. The van der Waals surface area contributed by atoms with Crippen LogP contribution in [0.3, 0.4) is 0 Å². The zero-order valence-corrected chi connectivity index (χ0v) is 14.2. The maximum atomic E-state index is 11.7. The average Bonchev–Trinajstić information content (AvgIpc) is 3.10. The Balaban J connectivity index is 1.85. The Kier molecular flexibility index (Phi) is 6.76. The van der Waals surface area contributed by atoms with Gasteiger partial charge in [-0.1, -0.05) is 6.07 Å². The lowest BCUT2D eigenvalue weighted by Gasteiger charge is -2.12. The second-order valence-corrected chi connectivity index (χ2v) is 4.96. The maximum absolute atomic E-state index is 11.7. The van der Waals surface area contributed by atoms with Crippen molar-refractivity contribution in [3.05, 3.63) is 36.4 Å². The first-order chi connectivity index (χ1) is 12.1. The third-order valence-corrected chi connectivity index (χ3v) is 3.16. The van der Waals surface area contributed by atoms with E-state index in [2.05, 4.69) is 20.9 Å². The predicted octanol–water partition coefficient (Wildman–Crippen LogP) is 0.504. The summed E-state index contributed by atoms with van der Waals surface area (Å²) in [5, 5.41) is 9.61. The van der Waals surface area contributed by atoms with Crippen LogP contribution in [0.5, 0.6) is 11.5 Å². The molecule has 9 nitrogen and oxygen atoms in total. The number of hydrogen-bond donors (Lipinski definition) is 2. The Hall–Kier alpha value is -3.10. The molecule has 1 heterocycles. The van der Waals surface area contributed by atoms with Gasteiger partial charge < -0.3 is 14.8 Å². The van der Waals surface area contributed by atoms with Crippen molar-refractivity contribution in [1.82, 2.24) is 20.2 Å². The van der Waals surface area contributed by atoms with Crippen LogP contribution in [0, 0.1) is 0 Å². The summed E-state index contributed by atoms with van der Waals surface area (Å²) < 4.78 is 12.3. The standard InChI is InChI=1S/C16H21N5O4/c1-3-24-13-6-5-12(9-14(13)25-4-2)7-8-17-15(22)16(23)20-21-10-18-19-11-21/h5-6,9-11H,3-4,7-8H2,1-2H3,(H,17,22)(H,20,23). The first-order valence-electron chi connectivity index (χ1n) is 7.96. The van der Waals surface area contributed by atoms with Crippen molar-refractivity contribution in [2.75, 3.05) is 25.2 Å². The lowest BCUT2D eigenvalue weighted by atomic mass is 10.1. The van der Waals surface area contributed by atoms with E-state index in [9.17, 15) is 9.59 Å². The number of ether oxygens (including phenoxy) is 2. The van der Waals surface area contributed by atoms with E-state index in [0.717, 1.165) is 5.56 Å². The van der Waals surface area contributed by atoms with Gasteiger partial charge >= 0.3 is 11.8 Å². The molecule has 0 fully saturated rings. The third-order valence-electron chi connectivity index (χ3n) is 3.16. The van der Waals surface area contributed by atoms with Crippen LogP contribution in [0.1, 0.15) is 19.4 Å². The van der Waals surface area contributed by atoms with Crippen LogP contribution in [0.4, 0.5) is 0 Å². The summed E-state index contributed by atoms with van der Waals surface area (Å²) >= 11 is 0. The Morgan fingerprint density at radius 1 is 1.04 bits per heavy atom. The number of hydrogen-bond acceptors (Lipinski definition) is 6. The molecule has 2 N–H and O–H groups in total. The number of benzene rings is 1. The molecule has 0 atom stereocenters. The molecule has 0 spiro atoms.